The summed E-state index contributed by atoms with van der Waals surface area (Å²) in [5, 5.41) is 6.48. The number of nitrogens with one attached hydrogen (secondary N) is 2. The molecule has 0 bridgehead atoms. The van der Waals surface area contributed by atoms with Gasteiger partial charge in [-0.05, 0) is 12.8 Å². The summed E-state index contributed by atoms with van der Waals surface area (Å²) in [6, 6.07) is 1.22. The fourth-order valence-electron chi connectivity index (χ4n) is 1.88. The van der Waals surface area contributed by atoms with E-state index in [-0.39, 0.29) is 17.2 Å². The molecule has 2 heterocycles. The van der Waals surface area contributed by atoms with Gasteiger partial charge in [0.15, 0.2) is 0 Å². The third-order valence-electron chi connectivity index (χ3n) is 3.09. The van der Waals surface area contributed by atoms with E-state index >= 15 is 0 Å². The van der Waals surface area contributed by atoms with Crippen LogP contribution in [0, 0.1) is 0 Å². The first kappa shape index (κ1) is 11.9. The monoisotopic (exact) mass is 262 g/mol. The van der Waals surface area contributed by atoms with Gasteiger partial charge in [-0.15, -0.1) is 0 Å². The van der Waals surface area contributed by atoms with E-state index in [4.69, 9.17) is 4.84 Å². The van der Waals surface area contributed by atoms with Crippen LogP contribution in [0.4, 0.5) is 0 Å². The molecule has 1 aliphatic heterocycles. The number of hydrogen-bond acceptors (Lipinski definition) is 5. The molecular formula is C12H14N4O3. The number of rotatable bonds is 4. The zero-order valence-corrected chi connectivity index (χ0v) is 10.3. The second kappa shape index (κ2) is 4.83. The Kier molecular flexibility index (Phi) is 3.02. The van der Waals surface area contributed by atoms with Gasteiger partial charge >= 0.3 is 0 Å². The van der Waals surface area contributed by atoms with Crippen molar-refractivity contribution in [2.45, 2.75) is 25.2 Å². The summed E-state index contributed by atoms with van der Waals surface area (Å²) < 4.78 is 0. The highest BCUT2D eigenvalue weighted by atomic mass is 16.6. The van der Waals surface area contributed by atoms with Crippen LogP contribution in [0.5, 0.6) is 0 Å². The largest absolute Gasteiger partial charge is 0.395 e. The molecule has 19 heavy (non-hydrogen) atoms. The first-order valence-corrected chi connectivity index (χ1v) is 6.29. The summed E-state index contributed by atoms with van der Waals surface area (Å²) in [6.45, 7) is 0.881. The Balaban J connectivity index is 1.70. The molecule has 1 fully saturated rings. The normalized spacial score (nSPS) is 17.8. The topological polar surface area (TPSA) is 96.4 Å². The van der Waals surface area contributed by atoms with E-state index in [1.54, 1.807) is 0 Å². The number of amides is 1. The molecule has 0 aromatic carbocycles. The number of carbonyl (C=O) groups excluding carboxylic acids is 1. The molecule has 100 valence electrons. The number of hydrogen-bond donors (Lipinski definition) is 2. The maximum atomic E-state index is 11.9. The average Bonchev–Trinajstić information content (AvgIpc) is 3.13. The highest BCUT2D eigenvalue weighted by Crippen LogP contribution is 2.37. The molecule has 0 spiro atoms. The van der Waals surface area contributed by atoms with Crippen LogP contribution in [0.1, 0.15) is 41.5 Å². The van der Waals surface area contributed by atoms with Crippen LogP contribution in [0.2, 0.25) is 0 Å². The molecular weight excluding hydrogens is 248 g/mol. The minimum absolute atomic E-state index is 0.158. The van der Waals surface area contributed by atoms with Gasteiger partial charge in [0, 0.05) is 18.4 Å². The second-order valence-electron chi connectivity index (χ2n) is 4.71. The van der Waals surface area contributed by atoms with Crippen molar-refractivity contribution >= 4 is 11.6 Å². The number of H-pyrrole nitrogens is 1. The summed E-state index contributed by atoms with van der Waals surface area (Å²) in [5.41, 5.74) is 0.661. The Morgan fingerprint density at radius 2 is 2.37 bits per heavy atom. The Hall–Kier alpha value is -2.18. The molecule has 0 unspecified atom stereocenters. The summed E-state index contributed by atoms with van der Waals surface area (Å²) in [5.74, 6) is 0.551. The summed E-state index contributed by atoms with van der Waals surface area (Å²) in [6.07, 6.45) is 2.75. The van der Waals surface area contributed by atoms with Crippen molar-refractivity contribution in [3.63, 3.8) is 0 Å². The van der Waals surface area contributed by atoms with Crippen LogP contribution < -0.4 is 10.9 Å². The van der Waals surface area contributed by atoms with E-state index in [1.165, 1.54) is 6.07 Å². The number of oxime groups is 1. The van der Waals surface area contributed by atoms with Crippen LogP contribution in [0.3, 0.4) is 0 Å². The smallest absolute Gasteiger partial charge is 0.270 e. The van der Waals surface area contributed by atoms with Gasteiger partial charge in [-0.25, -0.2) is 4.98 Å². The van der Waals surface area contributed by atoms with Crippen LogP contribution >= 0.6 is 0 Å². The Bertz CT molecular complexity index is 589. The molecule has 1 aliphatic carbocycles. The molecule has 1 amide bonds. The van der Waals surface area contributed by atoms with E-state index in [2.05, 4.69) is 20.4 Å². The third kappa shape index (κ3) is 2.81. The zero-order chi connectivity index (χ0) is 13.2. The molecule has 0 saturated heterocycles. The van der Waals surface area contributed by atoms with Crippen molar-refractivity contribution in [2.24, 2.45) is 5.16 Å². The third-order valence-corrected chi connectivity index (χ3v) is 3.09. The van der Waals surface area contributed by atoms with Gasteiger partial charge in [0.1, 0.15) is 18.1 Å². The first-order valence-electron chi connectivity index (χ1n) is 6.29. The second-order valence-corrected chi connectivity index (χ2v) is 4.71. The average molecular weight is 262 g/mol. The number of aromatic amines is 1. The molecule has 0 radical (unpaired) electrons. The van der Waals surface area contributed by atoms with E-state index in [0.717, 1.165) is 25.0 Å². The van der Waals surface area contributed by atoms with Crippen molar-refractivity contribution in [1.82, 2.24) is 15.3 Å². The fraction of sp³-hybridized carbons (Fsp3) is 0.500. The molecule has 7 heteroatoms. The molecule has 1 aromatic rings. The van der Waals surface area contributed by atoms with Gasteiger partial charge < -0.3 is 15.1 Å². The molecule has 0 atom stereocenters. The minimum atomic E-state index is -0.359. The van der Waals surface area contributed by atoms with Crippen LogP contribution in [0.25, 0.3) is 0 Å². The molecule has 2 N–H and O–H groups in total. The predicted molar refractivity (Wildman–Crippen MR) is 67.2 cm³/mol. The Labute approximate surface area is 109 Å². The van der Waals surface area contributed by atoms with Crippen molar-refractivity contribution in [3.8, 4) is 0 Å². The van der Waals surface area contributed by atoms with Gasteiger partial charge in [0.2, 0.25) is 0 Å². The summed E-state index contributed by atoms with van der Waals surface area (Å²) in [4.78, 5) is 35.1. The summed E-state index contributed by atoms with van der Waals surface area (Å²) in [7, 11) is 0. The van der Waals surface area contributed by atoms with Gasteiger partial charge in [-0.3, -0.25) is 9.59 Å². The lowest BCUT2D eigenvalue weighted by Gasteiger charge is -2.04. The van der Waals surface area contributed by atoms with Gasteiger partial charge in [-0.2, -0.15) is 0 Å². The maximum absolute atomic E-state index is 11.9. The molecule has 3 rings (SSSR count). The van der Waals surface area contributed by atoms with Crippen molar-refractivity contribution in [3.05, 3.63) is 27.9 Å². The van der Waals surface area contributed by atoms with Crippen molar-refractivity contribution in [1.29, 1.82) is 0 Å². The molecule has 1 saturated carbocycles. The lowest BCUT2D eigenvalue weighted by atomic mass is 10.3. The van der Waals surface area contributed by atoms with Crippen LogP contribution in [-0.4, -0.2) is 34.7 Å². The number of nitrogens with zero attached hydrogens (tertiary/aromatic N) is 2. The molecule has 2 aliphatic rings. The zero-order valence-electron chi connectivity index (χ0n) is 10.3. The van der Waals surface area contributed by atoms with E-state index in [9.17, 15) is 9.59 Å². The minimum Gasteiger partial charge on any atom is -0.395 e. The fourth-order valence-corrected chi connectivity index (χ4v) is 1.88. The Morgan fingerprint density at radius 3 is 3.05 bits per heavy atom. The summed E-state index contributed by atoms with van der Waals surface area (Å²) >= 11 is 0. The maximum Gasteiger partial charge on any atom is 0.270 e. The molecule has 7 nitrogen and oxygen atoms in total. The van der Waals surface area contributed by atoms with Gasteiger partial charge in [0.25, 0.3) is 11.5 Å². The quantitative estimate of drug-likeness (QED) is 0.807. The van der Waals surface area contributed by atoms with E-state index in [1.807, 2.05) is 0 Å². The van der Waals surface area contributed by atoms with Crippen LogP contribution in [-0.2, 0) is 4.84 Å². The van der Waals surface area contributed by atoms with Gasteiger partial charge in [-0.1, -0.05) is 5.16 Å². The number of carbonyl (C=O) groups is 1. The van der Waals surface area contributed by atoms with Crippen molar-refractivity contribution in [2.75, 3.05) is 13.2 Å². The lowest BCUT2D eigenvalue weighted by Crippen LogP contribution is -2.31. The number of aromatic nitrogens is 2. The first-order chi connectivity index (χ1) is 9.22. The lowest BCUT2D eigenvalue weighted by molar-refractivity contribution is 0.0953. The standard InChI is InChI=1S/C12H14N4O3/c17-10-5-9(14-11(15-10)7-1-2-7)12(18)13-6-8-3-4-19-16-8/h5,7H,1-4,6H2,(H,13,18)(H,14,15,17). The Morgan fingerprint density at radius 1 is 1.53 bits per heavy atom. The van der Waals surface area contributed by atoms with E-state index in [0.29, 0.717) is 24.9 Å². The highest BCUT2D eigenvalue weighted by molar-refractivity contribution is 5.96. The van der Waals surface area contributed by atoms with Crippen LogP contribution in [0.15, 0.2) is 16.0 Å². The predicted octanol–water partition coefficient (Wildman–Crippen LogP) is 0.153. The van der Waals surface area contributed by atoms with E-state index < -0.39 is 0 Å². The SMILES string of the molecule is O=C(NCC1=NOCC1)c1cc(=O)[nH]c(C2CC2)n1. The molecule has 1 aromatic heterocycles. The van der Waals surface area contributed by atoms with Crippen molar-refractivity contribution < 1.29 is 9.63 Å². The highest BCUT2D eigenvalue weighted by Gasteiger charge is 2.27. The van der Waals surface area contributed by atoms with Gasteiger partial charge in [0.05, 0.1) is 12.3 Å².